The van der Waals surface area contributed by atoms with E-state index in [1.165, 1.54) is 38.5 Å². The molecule has 10 heteroatoms. The van der Waals surface area contributed by atoms with Crippen molar-refractivity contribution in [1.29, 1.82) is 0 Å². The molecule has 0 aliphatic rings. The van der Waals surface area contributed by atoms with Crippen LogP contribution < -0.4 is 5.32 Å². The number of hydrogen-bond donors (Lipinski definition) is 3. The van der Waals surface area contributed by atoms with Gasteiger partial charge < -0.3 is 20.1 Å². The van der Waals surface area contributed by atoms with Gasteiger partial charge in [0.25, 0.3) is 0 Å². The number of phosphoric acid groups is 1. The van der Waals surface area contributed by atoms with Gasteiger partial charge in [-0.3, -0.25) is 18.6 Å². The van der Waals surface area contributed by atoms with Gasteiger partial charge in [0.2, 0.25) is 5.91 Å². The standard InChI is InChI=1S/C45H78NO8P/c1-3-5-7-9-11-13-15-16-17-18-19-20-21-22-23-24-25-26-28-30-32-34-36-38-45(49)52-41-43(47)42-54-55(50,51)53-40-39-46-44(48)37-35-33-31-29-27-14-12-10-8-6-4-2/h5,7,10-13,16-17,19-20,22-23,43,47H,3-4,6,8-9,14-15,18,21,24-42H2,1-2H3,(H,46,48)(H,50,51)/b7-5-,12-10-,13-11-,17-16-,20-19-,23-22-. The van der Waals surface area contributed by atoms with Crippen LogP contribution in [0.4, 0.5) is 0 Å². The summed E-state index contributed by atoms with van der Waals surface area (Å²) in [4.78, 5) is 33.8. The summed E-state index contributed by atoms with van der Waals surface area (Å²) in [6.45, 7) is 3.36. The molecule has 0 rings (SSSR count). The Labute approximate surface area is 335 Å². The van der Waals surface area contributed by atoms with Crippen molar-refractivity contribution >= 4 is 19.7 Å². The molecular formula is C45H78NO8P. The Morgan fingerprint density at radius 1 is 0.582 bits per heavy atom. The quantitative estimate of drug-likeness (QED) is 0.0243. The summed E-state index contributed by atoms with van der Waals surface area (Å²) in [6, 6.07) is 0. The molecule has 0 bridgehead atoms. The van der Waals surface area contributed by atoms with E-state index >= 15 is 0 Å². The molecule has 0 heterocycles. The Morgan fingerprint density at radius 3 is 1.58 bits per heavy atom. The first kappa shape index (κ1) is 52.5. The summed E-state index contributed by atoms with van der Waals surface area (Å²) >= 11 is 0. The van der Waals surface area contributed by atoms with Gasteiger partial charge >= 0.3 is 13.8 Å². The number of aliphatic hydroxyl groups excluding tert-OH is 1. The van der Waals surface area contributed by atoms with E-state index in [0.717, 1.165) is 103 Å². The van der Waals surface area contributed by atoms with Crippen molar-refractivity contribution in [1.82, 2.24) is 5.32 Å². The van der Waals surface area contributed by atoms with Gasteiger partial charge in [-0.2, -0.15) is 0 Å². The lowest BCUT2D eigenvalue weighted by Crippen LogP contribution is -2.27. The predicted octanol–water partition coefficient (Wildman–Crippen LogP) is 11.9. The van der Waals surface area contributed by atoms with Gasteiger partial charge in [-0.1, -0.05) is 151 Å². The minimum Gasteiger partial charge on any atom is -0.463 e. The molecule has 0 aromatic rings. The Balaban J connectivity index is 3.64. The number of rotatable bonds is 39. The first-order valence-corrected chi connectivity index (χ1v) is 22.9. The smallest absolute Gasteiger partial charge is 0.463 e. The number of carbonyl (C=O) groups excluding carboxylic acids is 2. The highest BCUT2D eigenvalue weighted by atomic mass is 31.2. The lowest BCUT2D eigenvalue weighted by molar-refractivity contribution is -0.147. The summed E-state index contributed by atoms with van der Waals surface area (Å²) in [7, 11) is -4.42. The number of carbonyl (C=O) groups is 2. The van der Waals surface area contributed by atoms with Crippen LogP contribution in [0.2, 0.25) is 0 Å². The van der Waals surface area contributed by atoms with E-state index in [1.807, 2.05) is 0 Å². The maximum atomic E-state index is 12.1. The van der Waals surface area contributed by atoms with E-state index in [4.69, 9.17) is 13.8 Å². The Kier molecular flexibility index (Phi) is 39.2. The second-order valence-electron chi connectivity index (χ2n) is 13.9. The first-order chi connectivity index (χ1) is 26.8. The summed E-state index contributed by atoms with van der Waals surface area (Å²) in [5, 5.41) is 12.7. The van der Waals surface area contributed by atoms with Gasteiger partial charge in [-0.25, -0.2) is 4.57 Å². The van der Waals surface area contributed by atoms with Crippen molar-refractivity contribution < 1.29 is 37.9 Å². The normalized spacial score (nSPS) is 14.0. The first-order valence-electron chi connectivity index (χ1n) is 21.4. The molecule has 0 aromatic carbocycles. The number of amides is 1. The molecule has 0 spiro atoms. The van der Waals surface area contributed by atoms with Crippen LogP contribution in [-0.4, -0.2) is 54.3 Å². The molecule has 0 aliphatic carbocycles. The summed E-state index contributed by atoms with van der Waals surface area (Å²) < 4.78 is 26.8. The van der Waals surface area contributed by atoms with Crippen molar-refractivity contribution in [3.05, 3.63) is 72.9 Å². The van der Waals surface area contributed by atoms with Crippen molar-refractivity contribution in [2.45, 2.75) is 174 Å². The van der Waals surface area contributed by atoms with Crippen LogP contribution in [0.5, 0.6) is 0 Å². The molecule has 3 N–H and O–H groups in total. The second-order valence-corrected chi connectivity index (χ2v) is 15.4. The zero-order valence-corrected chi connectivity index (χ0v) is 35.5. The Bertz CT molecular complexity index is 1130. The lowest BCUT2D eigenvalue weighted by atomic mass is 10.1. The van der Waals surface area contributed by atoms with E-state index in [0.29, 0.717) is 6.42 Å². The molecule has 0 saturated heterocycles. The molecule has 0 aliphatic heterocycles. The fraction of sp³-hybridized carbons (Fsp3) is 0.689. The Hall–Kier alpha value is -2.55. The maximum Gasteiger partial charge on any atom is 0.472 e. The van der Waals surface area contributed by atoms with Crippen LogP contribution in [0.25, 0.3) is 0 Å². The van der Waals surface area contributed by atoms with Crippen LogP contribution in [0.3, 0.4) is 0 Å². The van der Waals surface area contributed by atoms with E-state index in [2.05, 4.69) is 92.1 Å². The number of aliphatic hydroxyl groups is 1. The third-order valence-corrected chi connectivity index (χ3v) is 9.60. The van der Waals surface area contributed by atoms with E-state index in [1.54, 1.807) is 0 Å². The molecule has 2 unspecified atom stereocenters. The second kappa shape index (κ2) is 41.1. The van der Waals surface area contributed by atoms with Crippen LogP contribution >= 0.6 is 7.82 Å². The zero-order chi connectivity index (χ0) is 40.3. The monoisotopic (exact) mass is 792 g/mol. The number of nitrogens with one attached hydrogen (secondary N) is 1. The highest BCUT2D eigenvalue weighted by Crippen LogP contribution is 2.42. The number of esters is 1. The van der Waals surface area contributed by atoms with Crippen LogP contribution in [-0.2, 0) is 27.9 Å². The van der Waals surface area contributed by atoms with Crippen molar-refractivity contribution in [3.8, 4) is 0 Å². The summed E-state index contributed by atoms with van der Waals surface area (Å²) in [5.74, 6) is -0.543. The van der Waals surface area contributed by atoms with Crippen LogP contribution in [0.15, 0.2) is 72.9 Å². The number of unbranched alkanes of at least 4 members (excludes halogenated alkanes) is 14. The van der Waals surface area contributed by atoms with Gasteiger partial charge in [0.1, 0.15) is 12.7 Å². The van der Waals surface area contributed by atoms with Crippen molar-refractivity contribution in [3.63, 3.8) is 0 Å². The van der Waals surface area contributed by atoms with Gasteiger partial charge in [0.15, 0.2) is 0 Å². The van der Waals surface area contributed by atoms with Crippen LogP contribution in [0, 0.1) is 0 Å². The van der Waals surface area contributed by atoms with E-state index in [9.17, 15) is 24.2 Å². The van der Waals surface area contributed by atoms with Crippen LogP contribution in [0.1, 0.15) is 168 Å². The molecule has 2 atom stereocenters. The SMILES string of the molecule is CC/C=C\C/C=C\C/C=C\C/C=C\C/C=C\CCCCCCCCCC(=O)OCC(O)COP(=O)(O)OCCNC(=O)CCCCCCC/C=C\CCCC. The topological polar surface area (TPSA) is 131 Å². The Morgan fingerprint density at radius 2 is 1.04 bits per heavy atom. The molecule has 0 saturated carbocycles. The average molecular weight is 792 g/mol. The third kappa shape index (κ3) is 42.4. The van der Waals surface area contributed by atoms with E-state index in [-0.39, 0.29) is 32.1 Å². The molecule has 55 heavy (non-hydrogen) atoms. The zero-order valence-electron chi connectivity index (χ0n) is 34.6. The fourth-order valence-electron chi connectivity index (χ4n) is 5.39. The summed E-state index contributed by atoms with van der Waals surface area (Å²) in [5.41, 5.74) is 0. The maximum absolute atomic E-state index is 12.1. The molecule has 1 amide bonds. The molecule has 9 nitrogen and oxygen atoms in total. The molecule has 0 radical (unpaired) electrons. The number of hydrogen-bond acceptors (Lipinski definition) is 7. The highest BCUT2D eigenvalue weighted by Gasteiger charge is 2.23. The van der Waals surface area contributed by atoms with Crippen molar-refractivity contribution in [2.24, 2.45) is 0 Å². The number of allylic oxidation sites excluding steroid dienone is 12. The minimum absolute atomic E-state index is 0.0725. The van der Waals surface area contributed by atoms with E-state index < -0.39 is 26.5 Å². The largest absolute Gasteiger partial charge is 0.472 e. The van der Waals surface area contributed by atoms with Gasteiger partial charge in [-0.15, -0.1) is 0 Å². The molecular weight excluding hydrogens is 713 g/mol. The number of ether oxygens (including phenoxy) is 1. The third-order valence-electron chi connectivity index (χ3n) is 8.62. The van der Waals surface area contributed by atoms with Gasteiger partial charge in [0.05, 0.1) is 13.2 Å². The predicted molar refractivity (Wildman–Crippen MR) is 229 cm³/mol. The highest BCUT2D eigenvalue weighted by molar-refractivity contribution is 7.47. The van der Waals surface area contributed by atoms with Crippen molar-refractivity contribution in [2.75, 3.05) is 26.4 Å². The van der Waals surface area contributed by atoms with Gasteiger partial charge in [-0.05, 0) is 77.0 Å². The lowest BCUT2D eigenvalue weighted by Gasteiger charge is -2.15. The number of phosphoric ester groups is 1. The average Bonchev–Trinajstić information content (AvgIpc) is 3.17. The molecule has 0 fully saturated rings. The molecule has 0 aromatic heterocycles. The minimum atomic E-state index is -4.42. The molecule has 316 valence electrons. The summed E-state index contributed by atoms with van der Waals surface area (Å²) in [6.07, 6.45) is 49.8. The fourth-order valence-corrected chi connectivity index (χ4v) is 6.14. The van der Waals surface area contributed by atoms with Gasteiger partial charge in [0, 0.05) is 19.4 Å².